The fourth-order valence-corrected chi connectivity index (χ4v) is 5.35. The van der Waals surface area contributed by atoms with Crippen LogP contribution in [0.5, 0.6) is 0 Å². The lowest BCUT2D eigenvalue weighted by Gasteiger charge is -2.10. The van der Waals surface area contributed by atoms with Crippen LogP contribution >= 0.6 is 34.8 Å². The minimum absolute atomic E-state index is 0.0320. The summed E-state index contributed by atoms with van der Waals surface area (Å²) in [7, 11) is -4.71. The van der Waals surface area contributed by atoms with Crippen LogP contribution in [0.3, 0.4) is 0 Å². The number of benzene rings is 2. The Morgan fingerprint density at radius 2 is 1.73 bits per heavy atom. The molecular formula is C23H14Cl3F3N4O3S. The summed E-state index contributed by atoms with van der Waals surface area (Å²) < 4.78 is 73.6. The minimum atomic E-state index is -5.04. The minimum Gasteiger partial charge on any atom is -0.455 e. The Morgan fingerprint density at radius 3 is 2.32 bits per heavy atom. The van der Waals surface area contributed by atoms with Crippen molar-refractivity contribution < 1.29 is 26.0 Å². The zero-order valence-corrected chi connectivity index (χ0v) is 21.7. The first-order valence-corrected chi connectivity index (χ1v) is 12.8. The van der Waals surface area contributed by atoms with Crippen LogP contribution in [0.1, 0.15) is 22.8 Å². The third-order valence-electron chi connectivity index (χ3n) is 5.12. The summed E-state index contributed by atoms with van der Waals surface area (Å²) in [5, 5.41) is 15.3. The van der Waals surface area contributed by atoms with E-state index in [-0.39, 0.29) is 27.7 Å². The zero-order valence-electron chi connectivity index (χ0n) is 18.6. The molecular weight excluding hydrogens is 576 g/mol. The first kappa shape index (κ1) is 27.0. The molecule has 0 unspecified atom stereocenters. The molecule has 1 N–H and O–H groups in total. The van der Waals surface area contributed by atoms with Gasteiger partial charge in [-0.25, -0.2) is 17.8 Å². The van der Waals surface area contributed by atoms with Crippen LogP contribution in [0.4, 0.5) is 13.2 Å². The maximum atomic E-state index is 13.3. The number of aromatic nitrogens is 2. The standard InChI is InChI=1S/C23H14Cl3F3N4O3S/c1-12-8-20(22(36-12)23(27,28)29)37(34,35)31-11-18-16(10-30)21(13-2-4-14(24)5-3-13)33(32-18)19-7-6-15(25)9-17(19)26/h2-9,31H,11H2,1H3. The highest BCUT2D eigenvalue weighted by Gasteiger charge is 2.42. The normalized spacial score (nSPS) is 12.1. The molecule has 0 aliphatic carbocycles. The van der Waals surface area contributed by atoms with Crippen LogP contribution in [0.15, 0.2) is 57.8 Å². The van der Waals surface area contributed by atoms with E-state index in [0.717, 1.165) is 6.07 Å². The largest absolute Gasteiger partial charge is 0.455 e. The van der Waals surface area contributed by atoms with E-state index in [0.29, 0.717) is 21.3 Å². The van der Waals surface area contributed by atoms with Gasteiger partial charge in [-0.1, -0.05) is 46.9 Å². The smallest absolute Gasteiger partial charge is 0.450 e. The molecule has 2 heterocycles. The van der Waals surface area contributed by atoms with Crippen LogP contribution in [-0.4, -0.2) is 18.2 Å². The summed E-state index contributed by atoms with van der Waals surface area (Å²) in [6.45, 7) is 0.587. The fourth-order valence-electron chi connectivity index (χ4n) is 3.54. The highest BCUT2D eigenvalue weighted by molar-refractivity contribution is 7.89. The highest BCUT2D eigenvalue weighted by atomic mass is 35.5. The van der Waals surface area contributed by atoms with Crippen molar-refractivity contribution in [3.63, 3.8) is 0 Å². The molecule has 0 atom stereocenters. The van der Waals surface area contributed by atoms with Gasteiger partial charge in [-0.3, -0.25) is 0 Å². The van der Waals surface area contributed by atoms with Gasteiger partial charge in [0.2, 0.25) is 15.8 Å². The SMILES string of the molecule is Cc1cc(S(=O)(=O)NCc2nn(-c3ccc(Cl)cc3Cl)c(-c3ccc(Cl)cc3)c2C#N)c(C(F)(F)F)o1. The van der Waals surface area contributed by atoms with Gasteiger partial charge in [0.25, 0.3) is 0 Å². The molecule has 0 aliphatic rings. The van der Waals surface area contributed by atoms with Gasteiger partial charge in [-0.05, 0) is 37.3 Å². The van der Waals surface area contributed by atoms with Gasteiger partial charge < -0.3 is 4.42 Å². The van der Waals surface area contributed by atoms with Gasteiger partial charge in [0.05, 0.1) is 28.6 Å². The average Bonchev–Trinajstić information content (AvgIpc) is 3.39. The second-order valence-electron chi connectivity index (χ2n) is 7.67. The Bertz CT molecular complexity index is 1640. The maximum Gasteiger partial charge on any atom is 0.450 e. The number of alkyl halides is 3. The van der Waals surface area contributed by atoms with E-state index in [2.05, 4.69) is 14.2 Å². The molecule has 14 heteroatoms. The first-order chi connectivity index (χ1) is 17.3. The molecule has 7 nitrogen and oxygen atoms in total. The second-order valence-corrected chi connectivity index (χ2v) is 10.7. The second kappa shape index (κ2) is 10.0. The van der Waals surface area contributed by atoms with E-state index >= 15 is 0 Å². The molecule has 0 saturated carbocycles. The van der Waals surface area contributed by atoms with E-state index in [1.165, 1.54) is 17.7 Å². The van der Waals surface area contributed by atoms with Crippen molar-refractivity contribution >= 4 is 44.8 Å². The number of nitrogens with zero attached hydrogens (tertiary/aromatic N) is 3. The van der Waals surface area contributed by atoms with Gasteiger partial charge in [0.1, 0.15) is 22.3 Å². The number of hydrogen-bond acceptors (Lipinski definition) is 5. The van der Waals surface area contributed by atoms with Gasteiger partial charge >= 0.3 is 6.18 Å². The van der Waals surface area contributed by atoms with E-state index in [9.17, 15) is 26.9 Å². The lowest BCUT2D eigenvalue weighted by Crippen LogP contribution is -2.25. The molecule has 192 valence electrons. The van der Waals surface area contributed by atoms with Crippen LogP contribution in [0.2, 0.25) is 15.1 Å². The van der Waals surface area contributed by atoms with E-state index in [1.807, 2.05) is 6.07 Å². The fraction of sp³-hybridized carbons (Fsp3) is 0.130. The van der Waals surface area contributed by atoms with Crippen molar-refractivity contribution in [2.45, 2.75) is 24.5 Å². The number of halogens is 6. The van der Waals surface area contributed by atoms with Crippen molar-refractivity contribution in [2.75, 3.05) is 0 Å². The highest BCUT2D eigenvalue weighted by Crippen LogP contribution is 2.37. The maximum absolute atomic E-state index is 13.3. The van der Waals surface area contributed by atoms with Gasteiger partial charge in [0.15, 0.2) is 0 Å². The summed E-state index contributed by atoms with van der Waals surface area (Å²) in [5.74, 6) is -1.89. The number of nitriles is 1. The molecule has 2 aromatic carbocycles. The summed E-state index contributed by atoms with van der Waals surface area (Å²) in [6, 6.07) is 13.7. The summed E-state index contributed by atoms with van der Waals surface area (Å²) in [4.78, 5) is -1.07. The van der Waals surface area contributed by atoms with Crippen molar-refractivity contribution in [3.05, 3.63) is 86.4 Å². The van der Waals surface area contributed by atoms with Crippen LogP contribution in [0, 0.1) is 18.3 Å². The number of sulfonamides is 1. The summed E-state index contributed by atoms with van der Waals surface area (Å²) in [5.41, 5.74) is 0.990. The number of aryl methyl sites for hydroxylation is 1. The molecule has 0 saturated heterocycles. The van der Waals surface area contributed by atoms with Crippen LogP contribution in [-0.2, 0) is 22.7 Å². The monoisotopic (exact) mass is 588 g/mol. The molecule has 37 heavy (non-hydrogen) atoms. The molecule has 0 amide bonds. The molecule has 0 aliphatic heterocycles. The quantitative estimate of drug-likeness (QED) is 0.268. The molecule has 0 spiro atoms. The molecule has 2 aromatic heterocycles. The van der Waals surface area contributed by atoms with Gasteiger partial charge in [-0.15, -0.1) is 0 Å². The van der Waals surface area contributed by atoms with E-state index < -0.39 is 33.4 Å². The van der Waals surface area contributed by atoms with Crippen LogP contribution in [0.25, 0.3) is 16.9 Å². The van der Waals surface area contributed by atoms with Gasteiger partial charge in [0, 0.05) is 21.7 Å². The number of furan rings is 1. The van der Waals surface area contributed by atoms with Crippen molar-refractivity contribution in [1.29, 1.82) is 5.26 Å². The van der Waals surface area contributed by atoms with Crippen molar-refractivity contribution in [1.82, 2.24) is 14.5 Å². The predicted octanol–water partition coefficient (Wildman–Crippen LogP) is 6.77. The average molecular weight is 590 g/mol. The van der Waals surface area contributed by atoms with Gasteiger partial charge in [-0.2, -0.15) is 23.5 Å². The third kappa shape index (κ3) is 5.49. The first-order valence-electron chi connectivity index (χ1n) is 10.2. The number of nitrogens with one attached hydrogen (secondary N) is 1. The number of rotatable bonds is 6. The zero-order chi connectivity index (χ0) is 27.1. The lowest BCUT2D eigenvalue weighted by atomic mass is 10.1. The Labute approximate surface area is 224 Å². The molecule has 0 bridgehead atoms. The third-order valence-corrected chi connectivity index (χ3v) is 7.32. The van der Waals surface area contributed by atoms with E-state index in [4.69, 9.17) is 34.8 Å². The van der Waals surface area contributed by atoms with Crippen molar-refractivity contribution in [3.8, 4) is 23.0 Å². The van der Waals surface area contributed by atoms with E-state index in [1.54, 1.807) is 36.4 Å². The topological polar surface area (TPSA) is 101 Å². The molecule has 4 aromatic rings. The summed E-state index contributed by atoms with van der Waals surface area (Å²) in [6.07, 6.45) is -5.04. The Balaban J connectivity index is 1.82. The van der Waals surface area contributed by atoms with Crippen LogP contribution < -0.4 is 4.72 Å². The molecule has 4 rings (SSSR count). The molecule has 0 radical (unpaired) electrons. The number of hydrogen-bond donors (Lipinski definition) is 1. The predicted molar refractivity (Wildman–Crippen MR) is 131 cm³/mol. The lowest BCUT2D eigenvalue weighted by molar-refractivity contribution is -0.155. The Hall–Kier alpha value is -3.01. The molecule has 0 fully saturated rings. The Morgan fingerprint density at radius 1 is 1.08 bits per heavy atom. The summed E-state index contributed by atoms with van der Waals surface area (Å²) >= 11 is 18.4. The van der Waals surface area contributed by atoms with Crippen molar-refractivity contribution in [2.24, 2.45) is 0 Å². The Kier molecular flexibility index (Phi) is 7.34.